The fraction of sp³-hybridized carbons (Fsp3) is 0.500. The molecule has 1 aliphatic carbocycles. The topological polar surface area (TPSA) is 66.9 Å². The zero-order valence-corrected chi connectivity index (χ0v) is 15.9. The highest BCUT2D eigenvalue weighted by Gasteiger charge is 2.12. The van der Waals surface area contributed by atoms with Crippen molar-refractivity contribution in [3.63, 3.8) is 0 Å². The van der Waals surface area contributed by atoms with Gasteiger partial charge in [0.2, 0.25) is 0 Å². The molecule has 1 saturated carbocycles. The number of hydrogen-bond donors (Lipinski definition) is 2. The highest BCUT2D eigenvalue weighted by Crippen LogP contribution is 2.16. The second kappa shape index (κ2) is 11.2. The molecule has 3 rings (SSSR count). The summed E-state index contributed by atoms with van der Waals surface area (Å²) in [5.74, 6) is -0.161. The molecule has 0 radical (unpaired) electrons. The Bertz CT molecular complexity index is 660. The van der Waals surface area contributed by atoms with Gasteiger partial charge < -0.3 is 10.6 Å². The molecule has 1 aliphatic rings. The van der Waals surface area contributed by atoms with Crippen molar-refractivity contribution < 1.29 is 4.79 Å². The van der Waals surface area contributed by atoms with Crippen LogP contribution < -0.4 is 10.6 Å². The second-order valence-electron chi connectivity index (χ2n) is 6.14. The van der Waals surface area contributed by atoms with Crippen LogP contribution in [0.5, 0.6) is 0 Å². The van der Waals surface area contributed by atoms with E-state index in [2.05, 4.69) is 20.6 Å². The largest absolute Gasteiger partial charge is 0.349 e. The van der Waals surface area contributed by atoms with E-state index in [1.165, 1.54) is 44.7 Å². The normalized spacial score (nSPS) is 14.9. The first kappa shape index (κ1) is 21.6. The van der Waals surface area contributed by atoms with Gasteiger partial charge in [-0.3, -0.25) is 9.78 Å². The maximum atomic E-state index is 12.2. The first-order valence-corrected chi connectivity index (χ1v) is 8.56. The van der Waals surface area contributed by atoms with Gasteiger partial charge in [-0.05, 0) is 25.0 Å². The van der Waals surface area contributed by atoms with E-state index in [0.29, 0.717) is 18.3 Å². The van der Waals surface area contributed by atoms with Gasteiger partial charge >= 0.3 is 0 Å². The van der Waals surface area contributed by atoms with Crippen LogP contribution in [0.1, 0.15) is 49.0 Å². The summed E-state index contributed by atoms with van der Waals surface area (Å²) in [5, 5.41) is 6.46. The summed E-state index contributed by atoms with van der Waals surface area (Å²) < 4.78 is 0. The maximum absolute atomic E-state index is 12.2. The zero-order valence-electron chi connectivity index (χ0n) is 14.2. The zero-order chi connectivity index (χ0) is 15.9. The summed E-state index contributed by atoms with van der Waals surface area (Å²) in [7, 11) is 0. The van der Waals surface area contributed by atoms with Crippen molar-refractivity contribution in [1.29, 1.82) is 0 Å². The molecule has 0 saturated heterocycles. The molecular weight excluding hydrogens is 359 g/mol. The minimum atomic E-state index is -0.161. The van der Waals surface area contributed by atoms with Gasteiger partial charge in [-0.1, -0.05) is 37.8 Å². The van der Waals surface area contributed by atoms with E-state index in [1.54, 1.807) is 0 Å². The van der Waals surface area contributed by atoms with Crippen LogP contribution in [0.4, 0.5) is 0 Å². The van der Waals surface area contributed by atoms with Crippen LogP contribution in [0.3, 0.4) is 0 Å². The Morgan fingerprint density at radius 3 is 2.40 bits per heavy atom. The van der Waals surface area contributed by atoms with Crippen molar-refractivity contribution in [3.05, 3.63) is 36.2 Å². The molecule has 5 nitrogen and oxygen atoms in total. The predicted octanol–water partition coefficient (Wildman–Crippen LogP) is 3.52. The number of rotatable bonds is 5. The standard InChI is InChI=1S/C18H24N4O.2ClH/c23-18(17-13-21-15-9-5-6-10-16(15)22-17)20-12-11-19-14-7-3-1-2-4-8-14;;/h5-6,9-10,13-14,19H,1-4,7-8,11-12H2,(H,20,23);2*1H. The molecule has 0 spiro atoms. The van der Waals surface area contributed by atoms with E-state index in [-0.39, 0.29) is 30.7 Å². The number of amides is 1. The van der Waals surface area contributed by atoms with Crippen LogP contribution in [-0.2, 0) is 0 Å². The van der Waals surface area contributed by atoms with Crippen LogP contribution in [-0.4, -0.2) is 35.0 Å². The molecular formula is C18H26Cl2N4O. The molecule has 0 aliphatic heterocycles. The summed E-state index contributed by atoms with van der Waals surface area (Å²) in [5.41, 5.74) is 1.92. The third-order valence-corrected chi connectivity index (χ3v) is 4.38. The smallest absolute Gasteiger partial charge is 0.271 e. The van der Waals surface area contributed by atoms with Gasteiger partial charge in [-0.15, -0.1) is 24.8 Å². The number of nitrogens with one attached hydrogen (secondary N) is 2. The van der Waals surface area contributed by atoms with Crippen molar-refractivity contribution in [2.45, 2.75) is 44.6 Å². The van der Waals surface area contributed by atoms with Gasteiger partial charge in [0.25, 0.3) is 5.91 Å². The summed E-state index contributed by atoms with van der Waals surface area (Å²) >= 11 is 0. The van der Waals surface area contributed by atoms with E-state index in [9.17, 15) is 4.79 Å². The average Bonchev–Trinajstić information content (AvgIpc) is 2.87. The van der Waals surface area contributed by atoms with Crippen LogP contribution in [0.15, 0.2) is 30.5 Å². The molecule has 0 atom stereocenters. The lowest BCUT2D eigenvalue weighted by Gasteiger charge is -2.16. The predicted molar refractivity (Wildman–Crippen MR) is 106 cm³/mol. The first-order valence-electron chi connectivity index (χ1n) is 8.56. The molecule has 138 valence electrons. The third-order valence-electron chi connectivity index (χ3n) is 4.38. The Morgan fingerprint density at radius 1 is 1.00 bits per heavy atom. The SMILES string of the molecule is Cl.Cl.O=C(NCCNC1CCCCCC1)c1cnc2ccccc2n1. The molecule has 25 heavy (non-hydrogen) atoms. The Labute approximate surface area is 161 Å². The van der Waals surface area contributed by atoms with E-state index in [4.69, 9.17) is 0 Å². The van der Waals surface area contributed by atoms with Crippen molar-refractivity contribution >= 4 is 41.8 Å². The first-order chi connectivity index (χ1) is 11.3. The minimum absolute atomic E-state index is 0. The number of fused-ring (bicyclic) bond motifs is 1. The molecule has 1 aromatic carbocycles. The number of benzene rings is 1. The molecule has 7 heteroatoms. The Morgan fingerprint density at radius 2 is 1.68 bits per heavy atom. The highest BCUT2D eigenvalue weighted by atomic mass is 35.5. The minimum Gasteiger partial charge on any atom is -0.349 e. The van der Waals surface area contributed by atoms with Crippen molar-refractivity contribution in [3.8, 4) is 0 Å². The lowest BCUT2D eigenvalue weighted by Crippen LogP contribution is -2.37. The number of para-hydroxylation sites is 2. The van der Waals surface area contributed by atoms with Crippen LogP contribution >= 0.6 is 24.8 Å². The Balaban J connectivity index is 0.00000156. The van der Waals surface area contributed by atoms with Gasteiger partial charge in [0.1, 0.15) is 5.69 Å². The summed E-state index contributed by atoms with van der Waals surface area (Å²) in [6, 6.07) is 8.17. The van der Waals surface area contributed by atoms with Gasteiger partial charge in [-0.25, -0.2) is 4.98 Å². The molecule has 2 N–H and O–H groups in total. The quantitative estimate of drug-likeness (QED) is 0.611. The second-order valence-corrected chi connectivity index (χ2v) is 6.14. The number of aromatic nitrogens is 2. The molecule has 1 fully saturated rings. The summed E-state index contributed by atoms with van der Waals surface area (Å²) in [4.78, 5) is 20.8. The van der Waals surface area contributed by atoms with Crippen LogP contribution in [0.25, 0.3) is 11.0 Å². The van der Waals surface area contributed by atoms with Crippen molar-refractivity contribution in [2.24, 2.45) is 0 Å². The molecule has 2 aromatic rings. The monoisotopic (exact) mass is 384 g/mol. The lowest BCUT2D eigenvalue weighted by molar-refractivity contribution is 0.0948. The van der Waals surface area contributed by atoms with Gasteiger partial charge in [0.05, 0.1) is 17.2 Å². The molecule has 1 aromatic heterocycles. The van der Waals surface area contributed by atoms with E-state index < -0.39 is 0 Å². The summed E-state index contributed by atoms with van der Waals surface area (Å²) in [6.07, 6.45) is 9.39. The van der Waals surface area contributed by atoms with Gasteiger partial charge in [0, 0.05) is 19.1 Å². The van der Waals surface area contributed by atoms with Gasteiger partial charge in [-0.2, -0.15) is 0 Å². The lowest BCUT2D eigenvalue weighted by atomic mass is 10.1. The number of carbonyl (C=O) groups is 1. The maximum Gasteiger partial charge on any atom is 0.271 e. The van der Waals surface area contributed by atoms with E-state index >= 15 is 0 Å². The Hall–Kier alpha value is -1.43. The summed E-state index contributed by atoms with van der Waals surface area (Å²) in [6.45, 7) is 1.42. The van der Waals surface area contributed by atoms with E-state index in [1.807, 2.05) is 24.3 Å². The molecule has 1 amide bonds. The number of nitrogens with zero attached hydrogens (tertiary/aromatic N) is 2. The third kappa shape index (κ3) is 6.42. The highest BCUT2D eigenvalue weighted by molar-refractivity contribution is 5.93. The van der Waals surface area contributed by atoms with E-state index in [0.717, 1.165) is 17.6 Å². The molecule has 0 unspecified atom stereocenters. The van der Waals surface area contributed by atoms with Crippen LogP contribution in [0.2, 0.25) is 0 Å². The number of carbonyl (C=O) groups excluding carboxylic acids is 1. The number of hydrogen-bond acceptors (Lipinski definition) is 4. The van der Waals surface area contributed by atoms with Crippen molar-refractivity contribution in [2.75, 3.05) is 13.1 Å². The van der Waals surface area contributed by atoms with Crippen molar-refractivity contribution in [1.82, 2.24) is 20.6 Å². The fourth-order valence-electron chi connectivity index (χ4n) is 3.09. The number of halogens is 2. The average molecular weight is 385 g/mol. The fourth-order valence-corrected chi connectivity index (χ4v) is 3.09. The Kier molecular flexibility index (Phi) is 9.71. The van der Waals surface area contributed by atoms with Gasteiger partial charge in [0.15, 0.2) is 0 Å². The van der Waals surface area contributed by atoms with Crippen LogP contribution in [0, 0.1) is 0 Å². The molecule has 1 heterocycles. The molecule has 0 bridgehead atoms.